The highest BCUT2D eigenvalue weighted by molar-refractivity contribution is 6.39. The van der Waals surface area contributed by atoms with E-state index < -0.39 is 11.8 Å². The Kier molecular flexibility index (Phi) is 7.06. The molecule has 2 amide bonds. The van der Waals surface area contributed by atoms with Crippen LogP contribution in [-0.4, -0.2) is 66.0 Å². The van der Waals surface area contributed by atoms with Crippen molar-refractivity contribution in [1.29, 1.82) is 0 Å². The van der Waals surface area contributed by atoms with Gasteiger partial charge in [0.25, 0.3) is 0 Å². The molecule has 7 heteroatoms. The van der Waals surface area contributed by atoms with Crippen LogP contribution in [0.25, 0.3) is 0 Å². The second-order valence-electron chi connectivity index (χ2n) is 7.57. The highest BCUT2D eigenvalue weighted by atomic mass is 16.2. The maximum atomic E-state index is 12.5. The van der Waals surface area contributed by atoms with Crippen molar-refractivity contribution in [2.45, 2.75) is 19.4 Å². The number of hydrogen-bond acceptors (Lipinski definition) is 4. The summed E-state index contributed by atoms with van der Waals surface area (Å²) in [5, 5.41) is 5.58. The molecule has 1 atom stereocenters. The Morgan fingerprint density at radius 3 is 2.38 bits per heavy atom. The molecular formula is C22H31N5O2. The number of likely N-dealkylation sites (N-methyl/N-ethyl adjacent to an activating group) is 1. The van der Waals surface area contributed by atoms with Crippen molar-refractivity contribution < 1.29 is 9.59 Å². The summed E-state index contributed by atoms with van der Waals surface area (Å²) >= 11 is 0. The van der Waals surface area contributed by atoms with Crippen LogP contribution in [0.5, 0.6) is 0 Å². The van der Waals surface area contributed by atoms with E-state index in [1.165, 1.54) is 0 Å². The second-order valence-corrected chi connectivity index (χ2v) is 7.57. The van der Waals surface area contributed by atoms with Gasteiger partial charge in [-0.05, 0) is 37.2 Å². The van der Waals surface area contributed by atoms with E-state index in [2.05, 4.69) is 38.1 Å². The van der Waals surface area contributed by atoms with Crippen molar-refractivity contribution >= 4 is 17.5 Å². The molecule has 1 aromatic heterocycles. The first kappa shape index (κ1) is 21.1. The molecule has 156 valence electrons. The van der Waals surface area contributed by atoms with E-state index in [0.717, 1.165) is 43.9 Å². The Hall–Kier alpha value is -2.64. The lowest BCUT2D eigenvalue weighted by molar-refractivity contribution is -0.136. The molecule has 1 aromatic carbocycles. The molecule has 0 aliphatic carbocycles. The number of rotatable bonds is 6. The molecule has 0 bridgehead atoms. The number of anilines is 1. The lowest BCUT2D eigenvalue weighted by Gasteiger charge is -2.38. The van der Waals surface area contributed by atoms with Gasteiger partial charge in [-0.25, -0.2) is 0 Å². The Balaban J connectivity index is 1.64. The summed E-state index contributed by atoms with van der Waals surface area (Å²) < 4.78 is 2.08. The van der Waals surface area contributed by atoms with Crippen LogP contribution < -0.4 is 10.6 Å². The Morgan fingerprint density at radius 1 is 1.00 bits per heavy atom. The summed E-state index contributed by atoms with van der Waals surface area (Å²) in [5.74, 6) is -1.24. The van der Waals surface area contributed by atoms with Crippen LogP contribution in [0.2, 0.25) is 0 Å². The Labute approximate surface area is 172 Å². The van der Waals surface area contributed by atoms with Gasteiger partial charge in [0, 0.05) is 57.3 Å². The van der Waals surface area contributed by atoms with Crippen LogP contribution in [0, 0.1) is 0 Å². The van der Waals surface area contributed by atoms with Crippen molar-refractivity contribution in [2.24, 2.45) is 7.05 Å². The molecule has 0 saturated carbocycles. The molecule has 0 unspecified atom stereocenters. The first-order valence-electron chi connectivity index (χ1n) is 10.2. The number of aryl methyl sites for hydroxylation is 2. The third-order valence-electron chi connectivity index (χ3n) is 5.61. The summed E-state index contributed by atoms with van der Waals surface area (Å²) in [5.41, 5.74) is 2.83. The smallest absolute Gasteiger partial charge is 0.313 e. The zero-order chi connectivity index (χ0) is 20.8. The van der Waals surface area contributed by atoms with Gasteiger partial charge in [-0.1, -0.05) is 25.1 Å². The monoisotopic (exact) mass is 397 g/mol. The number of para-hydroxylation sites is 1. The molecule has 2 aromatic rings. The predicted octanol–water partition coefficient (Wildman–Crippen LogP) is 1.63. The zero-order valence-corrected chi connectivity index (χ0v) is 17.5. The number of carbonyl (C=O) groups is 2. The molecule has 3 rings (SSSR count). The van der Waals surface area contributed by atoms with E-state index in [1.807, 2.05) is 50.5 Å². The fourth-order valence-corrected chi connectivity index (χ4v) is 3.77. The fourth-order valence-electron chi connectivity index (χ4n) is 3.77. The molecule has 29 heavy (non-hydrogen) atoms. The predicted molar refractivity (Wildman–Crippen MR) is 115 cm³/mol. The van der Waals surface area contributed by atoms with Crippen LogP contribution in [0.15, 0.2) is 42.6 Å². The van der Waals surface area contributed by atoms with Crippen LogP contribution in [0.3, 0.4) is 0 Å². The van der Waals surface area contributed by atoms with Crippen molar-refractivity contribution in [3.63, 3.8) is 0 Å². The number of aromatic nitrogens is 1. The number of piperazine rings is 1. The Bertz CT molecular complexity index is 839. The topological polar surface area (TPSA) is 69.6 Å². The van der Waals surface area contributed by atoms with Gasteiger partial charge >= 0.3 is 11.8 Å². The van der Waals surface area contributed by atoms with Gasteiger partial charge in [-0.15, -0.1) is 0 Å². The standard InChI is InChI=1S/C22H31N5O2/c1-4-17-8-5-6-9-18(17)24-22(29)21(28)23-16-20(19-10-7-11-26(19)3)27-14-12-25(2)13-15-27/h5-11,20H,4,12-16H2,1-3H3,(H,23,28)(H,24,29)/t20-/m1/s1. The minimum atomic E-state index is -0.630. The van der Waals surface area contributed by atoms with E-state index >= 15 is 0 Å². The molecule has 2 heterocycles. The number of nitrogens with zero attached hydrogens (tertiary/aromatic N) is 3. The molecule has 2 N–H and O–H groups in total. The number of carbonyl (C=O) groups excluding carboxylic acids is 2. The van der Waals surface area contributed by atoms with Crippen molar-refractivity contribution in [3.05, 3.63) is 53.9 Å². The fraction of sp³-hybridized carbons (Fsp3) is 0.455. The summed E-state index contributed by atoms with van der Waals surface area (Å²) in [6.07, 6.45) is 2.80. The van der Waals surface area contributed by atoms with Crippen LogP contribution in [0.1, 0.15) is 24.2 Å². The van der Waals surface area contributed by atoms with Gasteiger partial charge in [0.15, 0.2) is 0 Å². The number of hydrogen-bond donors (Lipinski definition) is 2. The van der Waals surface area contributed by atoms with E-state index in [-0.39, 0.29) is 6.04 Å². The molecule has 0 radical (unpaired) electrons. The van der Waals surface area contributed by atoms with Crippen LogP contribution in [-0.2, 0) is 23.1 Å². The van der Waals surface area contributed by atoms with Crippen LogP contribution in [0.4, 0.5) is 5.69 Å². The molecule has 1 saturated heterocycles. The summed E-state index contributed by atoms with van der Waals surface area (Å²) in [6, 6.07) is 11.7. The largest absolute Gasteiger partial charge is 0.353 e. The third kappa shape index (κ3) is 5.25. The van der Waals surface area contributed by atoms with Gasteiger partial charge < -0.3 is 20.1 Å². The van der Waals surface area contributed by atoms with E-state index in [0.29, 0.717) is 12.2 Å². The van der Waals surface area contributed by atoms with E-state index in [1.54, 1.807) is 0 Å². The Morgan fingerprint density at radius 2 is 1.72 bits per heavy atom. The van der Waals surface area contributed by atoms with Gasteiger partial charge in [0.2, 0.25) is 0 Å². The first-order valence-corrected chi connectivity index (χ1v) is 10.2. The van der Waals surface area contributed by atoms with Crippen molar-refractivity contribution in [2.75, 3.05) is 45.1 Å². The lowest BCUT2D eigenvalue weighted by atomic mass is 10.1. The first-order chi connectivity index (χ1) is 14.0. The number of amides is 2. The minimum Gasteiger partial charge on any atom is -0.353 e. The zero-order valence-electron chi connectivity index (χ0n) is 17.5. The van der Waals surface area contributed by atoms with Gasteiger partial charge in [0.1, 0.15) is 0 Å². The highest BCUT2D eigenvalue weighted by Gasteiger charge is 2.27. The van der Waals surface area contributed by atoms with Gasteiger partial charge in [-0.3, -0.25) is 14.5 Å². The molecular weight excluding hydrogens is 366 g/mol. The SMILES string of the molecule is CCc1ccccc1NC(=O)C(=O)NC[C@H](c1cccn1C)N1CCN(C)CC1. The highest BCUT2D eigenvalue weighted by Crippen LogP contribution is 2.22. The quantitative estimate of drug-likeness (QED) is 0.727. The normalized spacial score (nSPS) is 16.4. The van der Waals surface area contributed by atoms with Gasteiger partial charge in [-0.2, -0.15) is 0 Å². The second kappa shape index (κ2) is 9.71. The van der Waals surface area contributed by atoms with Crippen molar-refractivity contribution in [1.82, 2.24) is 19.7 Å². The molecule has 7 nitrogen and oxygen atoms in total. The number of benzene rings is 1. The van der Waals surface area contributed by atoms with Crippen molar-refractivity contribution in [3.8, 4) is 0 Å². The van der Waals surface area contributed by atoms with E-state index in [9.17, 15) is 9.59 Å². The summed E-state index contributed by atoms with van der Waals surface area (Å²) in [6.45, 7) is 6.25. The van der Waals surface area contributed by atoms with Gasteiger partial charge in [0.05, 0.1) is 6.04 Å². The molecule has 1 aliphatic rings. The summed E-state index contributed by atoms with van der Waals surface area (Å²) in [4.78, 5) is 29.6. The summed E-state index contributed by atoms with van der Waals surface area (Å²) in [7, 11) is 4.13. The average Bonchev–Trinajstić information content (AvgIpc) is 3.15. The maximum Gasteiger partial charge on any atom is 0.313 e. The molecule has 1 aliphatic heterocycles. The maximum absolute atomic E-state index is 12.5. The molecule has 0 spiro atoms. The molecule has 1 fully saturated rings. The van der Waals surface area contributed by atoms with E-state index in [4.69, 9.17) is 0 Å². The lowest BCUT2D eigenvalue weighted by Crippen LogP contribution is -2.49. The average molecular weight is 398 g/mol. The minimum absolute atomic E-state index is 0.0309. The number of nitrogens with one attached hydrogen (secondary N) is 2. The third-order valence-corrected chi connectivity index (χ3v) is 5.61. The van der Waals surface area contributed by atoms with Crippen LogP contribution >= 0.6 is 0 Å².